The molecular formula is C20H30N2O3. The van der Waals surface area contributed by atoms with Crippen LogP contribution in [0.1, 0.15) is 32.8 Å². The van der Waals surface area contributed by atoms with Gasteiger partial charge in [0.1, 0.15) is 11.9 Å². The molecule has 5 heteroatoms. The molecule has 0 spiro atoms. The molecule has 138 valence electrons. The van der Waals surface area contributed by atoms with E-state index < -0.39 is 0 Å². The average molecular weight is 346 g/mol. The second-order valence-electron chi connectivity index (χ2n) is 7.29. The maximum absolute atomic E-state index is 12.5. The Morgan fingerprint density at radius 1 is 1.28 bits per heavy atom. The van der Waals surface area contributed by atoms with Gasteiger partial charge < -0.3 is 14.4 Å². The topological polar surface area (TPSA) is 42.0 Å². The minimum absolute atomic E-state index is 0.0180. The zero-order chi connectivity index (χ0) is 17.8. The summed E-state index contributed by atoms with van der Waals surface area (Å²) in [5, 5.41) is 0. The molecule has 0 bridgehead atoms. The Hall–Kier alpha value is -1.59. The Kier molecular flexibility index (Phi) is 5.97. The van der Waals surface area contributed by atoms with Crippen LogP contribution in [0.3, 0.4) is 0 Å². The predicted molar refractivity (Wildman–Crippen MR) is 97.9 cm³/mol. The summed E-state index contributed by atoms with van der Waals surface area (Å²) in [4.78, 5) is 16.7. The van der Waals surface area contributed by atoms with E-state index in [0.717, 1.165) is 31.9 Å². The van der Waals surface area contributed by atoms with Gasteiger partial charge in [-0.1, -0.05) is 25.1 Å². The molecule has 25 heavy (non-hydrogen) atoms. The number of benzene rings is 1. The van der Waals surface area contributed by atoms with E-state index in [2.05, 4.69) is 31.7 Å². The third kappa shape index (κ3) is 4.53. The molecule has 1 amide bonds. The fourth-order valence-electron chi connectivity index (χ4n) is 3.47. The van der Waals surface area contributed by atoms with Crippen LogP contribution in [0, 0.1) is 0 Å². The molecular weight excluding hydrogens is 316 g/mol. The Bertz CT molecular complexity index is 584. The van der Waals surface area contributed by atoms with Crippen molar-refractivity contribution in [1.82, 2.24) is 9.80 Å². The van der Waals surface area contributed by atoms with Crippen molar-refractivity contribution >= 4 is 5.91 Å². The summed E-state index contributed by atoms with van der Waals surface area (Å²) in [6, 6.07) is 8.64. The number of likely N-dealkylation sites (tertiary alicyclic amines) is 1. The molecule has 3 rings (SSSR count). The van der Waals surface area contributed by atoms with E-state index in [-0.39, 0.29) is 18.1 Å². The van der Waals surface area contributed by atoms with Crippen molar-refractivity contribution in [3.8, 4) is 5.75 Å². The van der Waals surface area contributed by atoms with Crippen LogP contribution in [-0.4, -0.2) is 66.7 Å². The molecule has 2 heterocycles. The largest absolute Gasteiger partial charge is 0.486 e. The molecule has 0 aromatic heterocycles. The van der Waals surface area contributed by atoms with Crippen LogP contribution in [0.5, 0.6) is 5.75 Å². The van der Waals surface area contributed by atoms with Gasteiger partial charge in [-0.25, -0.2) is 0 Å². The first kappa shape index (κ1) is 18.2. The third-order valence-corrected chi connectivity index (χ3v) is 5.15. The first-order valence-electron chi connectivity index (χ1n) is 9.44. The van der Waals surface area contributed by atoms with E-state index in [1.165, 1.54) is 5.56 Å². The highest BCUT2D eigenvalue weighted by molar-refractivity contribution is 5.77. The molecule has 0 N–H and O–H groups in total. The Labute approximate surface area is 150 Å². The number of carbonyl (C=O) groups is 1. The number of para-hydroxylation sites is 1. The minimum Gasteiger partial charge on any atom is -0.486 e. The number of nitrogens with zero attached hydrogens (tertiary/aromatic N) is 2. The highest BCUT2D eigenvalue weighted by Gasteiger charge is 2.34. The maximum Gasteiger partial charge on any atom is 0.225 e. The quantitative estimate of drug-likeness (QED) is 0.793. The van der Waals surface area contributed by atoms with Crippen LogP contribution >= 0.6 is 0 Å². The smallest absolute Gasteiger partial charge is 0.225 e. The number of hydrogen-bond acceptors (Lipinski definition) is 4. The van der Waals surface area contributed by atoms with Crippen molar-refractivity contribution in [2.45, 2.75) is 51.9 Å². The van der Waals surface area contributed by atoms with Crippen LogP contribution in [0.2, 0.25) is 0 Å². The second-order valence-corrected chi connectivity index (χ2v) is 7.29. The zero-order valence-electron chi connectivity index (χ0n) is 15.6. The second kappa shape index (κ2) is 8.19. The molecule has 5 nitrogen and oxygen atoms in total. The Balaban J connectivity index is 1.44. The van der Waals surface area contributed by atoms with Crippen molar-refractivity contribution in [2.24, 2.45) is 0 Å². The summed E-state index contributed by atoms with van der Waals surface area (Å²) in [5.74, 6) is 1.13. The van der Waals surface area contributed by atoms with Gasteiger partial charge >= 0.3 is 0 Å². The SMILES string of the molecule is CCc1ccccc1OC1CN(C(=O)C[C@H]2CN(C(C)C)CCO2)C1. The molecule has 0 radical (unpaired) electrons. The van der Waals surface area contributed by atoms with Gasteiger partial charge in [0.25, 0.3) is 0 Å². The van der Waals surface area contributed by atoms with Crippen LogP contribution in [0.25, 0.3) is 0 Å². The van der Waals surface area contributed by atoms with Crippen molar-refractivity contribution in [1.29, 1.82) is 0 Å². The summed E-state index contributed by atoms with van der Waals surface area (Å²) >= 11 is 0. The number of aryl methyl sites for hydroxylation is 1. The van der Waals surface area contributed by atoms with Crippen molar-refractivity contribution in [2.75, 3.05) is 32.8 Å². The average Bonchev–Trinajstić information content (AvgIpc) is 2.58. The first-order valence-corrected chi connectivity index (χ1v) is 9.44. The van der Waals surface area contributed by atoms with Gasteiger partial charge in [0.15, 0.2) is 0 Å². The first-order chi connectivity index (χ1) is 12.1. The molecule has 2 aliphatic rings. The summed E-state index contributed by atoms with van der Waals surface area (Å²) in [5.41, 5.74) is 1.22. The summed E-state index contributed by atoms with van der Waals surface area (Å²) in [6.45, 7) is 10.4. The van der Waals surface area contributed by atoms with Gasteiger partial charge in [-0.2, -0.15) is 0 Å². The van der Waals surface area contributed by atoms with E-state index in [4.69, 9.17) is 9.47 Å². The van der Waals surface area contributed by atoms with E-state index >= 15 is 0 Å². The van der Waals surface area contributed by atoms with Gasteiger partial charge in [0, 0.05) is 19.1 Å². The zero-order valence-corrected chi connectivity index (χ0v) is 15.6. The Morgan fingerprint density at radius 3 is 2.76 bits per heavy atom. The molecule has 1 aromatic carbocycles. The lowest BCUT2D eigenvalue weighted by Crippen LogP contribution is -2.57. The molecule has 1 atom stereocenters. The fourth-order valence-corrected chi connectivity index (χ4v) is 3.47. The van der Waals surface area contributed by atoms with E-state index in [1.54, 1.807) is 0 Å². The van der Waals surface area contributed by atoms with Crippen LogP contribution in [0.4, 0.5) is 0 Å². The van der Waals surface area contributed by atoms with Crippen molar-refractivity contribution in [3.05, 3.63) is 29.8 Å². The summed E-state index contributed by atoms with van der Waals surface area (Å²) < 4.78 is 11.8. The number of carbonyl (C=O) groups excluding carboxylic acids is 1. The van der Waals surface area contributed by atoms with Gasteiger partial charge in [-0.15, -0.1) is 0 Å². The molecule has 2 saturated heterocycles. The van der Waals surface area contributed by atoms with Crippen molar-refractivity contribution in [3.63, 3.8) is 0 Å². The van der Waals surface area contributed by atoms with E-state index in [1.807, 2.05) is 23.1 Å². The highest BCUT2D eigenvalue weighted by Crippen LogP contribution is 2.24. The molecule has 2 aliphatic heterocycles. The maximum atomic E-state index is 12.5. The number of morpholine rings is 1. The summed E-state index contributed by atoms with van der Waals surface area (Å²) in [6.07, 6.45) is 1.55. The lowest BCUT2D eigenvalue weighted by Gasteiger charge is -2.41. The van der Waals surface area contributed by atoms with Crippen LogP contribution < -0.4 is 4.74 Å². The van der Waals surface area contributed by atoms with Gasteiger partial charge in [-0.3, -0.25) is 9.69 Å². The van der Waals surface area contributed by atoms with Gasteiger partial charge in [0.2, 0.25) is 5.91 Å². The normalized spacial score (nSPS) is 22.1. The number of rotatable bonds is 6. The molecule has 0 saturated carbocycles. The van der Waals surface area contributed by atoms with E-state index in [9.17, 15) is 4.79 Å². The summed E-state index contributed by atoms with van der Waals surface area (Å²) in [7, 11) is 0. The van der Waals surface area contributed by atoms with Crippen molar-refractivity contribution < 1.29 is 14.3 Å². The number of amides is 1. The molecule has 2 fully saturated rings. The van der Waals surface area contributed by atoms with Gasteiger partial charge in [0.05, 0.1) is 32.2 Å². The van der Waals surface area contributed by atoms with Gasteiger partial charge in [-0.05, 0) is 31.9 Å². The van der Waals surface area contributed by atoms with E-state index in [0.29, 0.717) is 25.6 Å². The lowest BCUT2D eigenvalue weighted by atomic mass is 10.1. The number of ether oxygens (including phenoxy) is 2. The van der Waals surface area contributed by atoms with Crippen LogP contribution in [-0.2, 0) is 16.0 Å². The predicted octanol–water partition coefficient (Wildman–Crippen LogP) is 2.34. The number of hydrogen-bond donors (Lipinski definition) is 0. The molecule has 1 aromatic rings. The Morgan fingerprint density at radius 2 is 2.04 bits per heavy atom. The van der Waals surface area contributed by atoms with Crippen LogP contribution in [0.15, 0.2) is 24.3 Å². The highest BCUT2D eigenvalue weighted by atomic mass is 16.5. The fraction of sp³-hybridized carbons (Fsp3) is 0.650. The standard InChI is InChI=1S/C20H30N2O3/c1-4-16-7-5-6-8-19(16)25-18-13-22(14-18)20(23)11-17-12-21(15(2)3)9-10-24-17/h5-8,15,17-18H,4,9-14H2,1-3H3/t17-/m0/s1. The monoisotopic (exact) mass is 346 g/mol. The molecule has 0 aliphatic carbocycles. The molecule has 0 unspecified atom stereocenters. The lowest BCUT2D eigenvalue weighted by molar-refractivity contribution is -0.145. The minimum atomic E-state index is 0.0180. The third-order valence-electron chi connectivity index (χ3n) is 5.15.